The Bertz CT molecular complexity index is 334. The third-order valence-corrected chi connectivity index (χ3v) is 2.14. The summed E-state index contributed by atoms with van der Waals surface area (Å²) in [6.45, 7) is 0. The van der Waals surface area contributed by atoms with Crippen LogP contribution in [0.15, 0.2) is 18.2 Å². The maximum Gasteiger partial charge on any atom is 0.226 e. The van der Waals surface area contributed by atoms with Gasteiger partial charge in [-0.05, 0) is 12.1 Å². The number of hydrogen-bond acceptors (Lipinski definition) is 2. The molecule has 2 nitrogen and oxygen atoms in total. The highest BCUT2D eigenvalue weighted by Gasteiger charge is 2.10. The fourth-order valence-corrected chi connectivity index (χ4v) is 1.15. The van der Waals surface area contributed by atoms with E-state index in [4.69, 9.17) is 23.2 Å². The van der Waals surface area contributed by atoms with Gasteiger partial charge in [0.2, 0.25) is 5.78 Å². The Labute approximate surface area is 79.1 Å². The third kappa shape index (κ3) is 1.65. The van der Waals surface area contributed by atoms with Crippen LogP contribution < -0.4 is 0 Å². The van der Waals surface area contributed by atoms with E-state index in [1.165, 1.54) is 6.07 Å². The lowest BCUT2D eigenvalue weighted by atomic mass is 10.1. The maximum absolute atomic E-state index is 10.9. The average molecular weight is 203 g/mol. The van der Waals surface area contributed by atoms with Crippen LogP contribution in [0.4, 0.5) is 0 Å². The second-order valence-corrected chi connectivity index (χ2v) is 2.87. The first kappa shape index (κ1) is 9.23. The number of aldehydes is 1. The Morgan fingerprint density at radius 3 is 2.58 bits per heavy atom. The van der Waals surface area contributed by atoms with Crippen LogP contribution in [-0.4, -0.2) is 12.1 Å². The van der Waals surface area contributed by atoms with Crippen LogP contribution in [0.25, 0.3) is 0 Å². The van der Waals surface area contributed by atoms with Crippen LogP contribution in [-0.2, 0) is 4.79 Å². The Morgan fingerprint density at radius 1 is 1.33 bits per heavy atom. The van der Waals surface area contributed by atoms with Gasteiger partial charge in [0, 0.05) is 5.56 Å². The molecular weight excluding hydrogens is 199 g/mol. The summed E-state index contributed by atoms with van der Waals surface area (Å²) in [7, 11) is 0. The normalized spacial score (nSPS) is 9.50. The van der Waals surface area contributed by atoms with Gasteiger partial charge in [0.15, 0.2) is 6.29 Å². The molecule has 0 amide bonds. The topological polar surface area (TPSA) is 34.1 Å². The molecule has 12 heavy (non-hydrogen) atoms. The predicted octanol–water partition coefficient (Wildman–Crippen LogP) is 2.38. The van der Waals surface area contributed by atoms with Gasteiger partial charge in [-0.15, -0.1) is 0 Å². The van der Waals surface area contributed by atoms with Crippen molar-refractivity contribution in [3.8, 4) is 0 Å². The molecule has 0 saturated heterocycles. The van der Waals surface area contributed by atoms with Crippen LogP contribution in [0.1, 0.15) is 10.4 Å². The average Bonchev–Trinajstić information content (AvgIpc) is 2.08. The number of rotatable bonds is 2. The molecule has 0 N–H and O–H groups in total. The Balaban J connectivity index is 3.25. The molecule has 1 rings (SSSR count). The van der Waals surface area contributed by atoms with Crippen molar-refractivity contribution in [2.45, 2.75) is 0 Å². The first-order valence-electron chi connectivity index (χ1n) is 3.10. The summed E-state index contributed by atoms with van der Waals surface area (Å²) in [6.07, 6.45) is 0.206. The number of halogens is 2. The fourth-order valence-electron chi connectivity index (χ4n) is 0.758. The molecule has 1 aromatic carbocycles. The number of carbonyl (C=O) groups excluding carboxylic acids is 2. The van der Waals surface area contributed by atoms with Gasteiger partial charge in [-0.1, -0.05) is 29.3 Å². The van der Waals surface area contributed by atoms with Crippen molar-refractivity contribution in [2.75, 3.05) is 0 Å². The minimum atomic E-state index is -0.664. The monoisotopic (exact) mass is 202 g/mol. The molecule has 0 saturated carbocycles. The second kappa shape index (κ2) is 3.70. The molecule has 0 heterocycles. The van der Waals surface area contributed by atoms with E-state index in [0.717, 1.165) is 0 Å². The molecule has 0 aliphatic heterocycles. The molecule has 0 aromatic heterocycles. The van der Waals surface area contributed by atoms with E-state index in [1.807, 2.05) is 0 Å². The summed E-state index contributed by atoms with van der Waals surface area (Å²) in [5.74, 6) is -0.664. The van der Waals surface area contributed by atoms with Crippen molar-refractivity contribution in [1.29, 1.82) is 0 Å². The van der Waals surface area contributed by atoms with Gasteiger partial charge in [0.1, 0.15) is 0 Å². The Hall–Kier alpha value is -0.860. The molecule has 0 radical (unpaired) electrons. The summed E-state index contributed by atoms with van der Waals surface area (Å²) in [4.78, 5) is 21.0. The summed E-state index contributed by atoms with van der Waals surface area (Å²) in [5.41, 5.74) is 0.138. The van der Waals surface area contributed by atoms with Gasteiger partial charge in [-0.2, -0.15) is 0 Å². The van der Waals surface area contributed by atoms with Crippen molar-refractivity contribution in [2.24, 2.45) is 0 Å². The maximum atomic E-state index is 10.9. The van der Waals surface area contributed by atoms with Gasteiger partial charge >= 0.3 is 0 Å². The highest BCUT2D eigenvalue weighted by atomic mass is 35.5. The number of benzene rings is 1. The van der Waals surface area contributed by atoms with E-state index in [-0.39, 0.29) is 21.9 Å². The number of carbonyl (C=O) groups is 2. The quantitative estimate of drug-likeness (QED) is 0.420. The molecule has 0 bridgehead atoms. The predicted molar refractivity (Wildman–Crippen MR) is 46.9 cm³/mol. The first-order chi connectivity index (χ1) is 5.66. The molecule has 0 fully saturated rings. The fraction of sp³-hybridized carbons (Fsp3) is 0. The summed E-state index contributed by atoms with van der Waals surface area (Å²) in [6, 6.07) is 4.56. The molecule has 0 spiro atoms. The van der Waals surface area contributed by atoms with Gasteiger partial charge in [0.25, 0.3) is 0 Å². The van der Waals surface area contributed by atoms with Gasteiger partial charge in [-0.25, -0.2) is 0 Å². The number of hydrogen-bond donors (Lipinski definition) is 0. The molecule has 62 valence electrons. The summed E-state index contributed by atoms with van der Waals surface area (Å²) in [5, 5.41) is 0.389. The highest BCUT2D eigenvalue weighted by Crippen LogP contribution is 2.25. The minimum Gasteiger partial charge on any atom is -0.294 e. The van der Waals surface area contributed by atoms with E-state index >= 15 is 0 Å². The van der Waals surface area contributed by atoms with Crippen molar-refractivity contribution >= 4 is 35.3 Å². The van der Waals surface area contributed by atoms with Crippen LogP contribution in [0.2, 0.25) is 10.0 Å². The molecule has 0 aliphatic rings. The van der Waals surface area contributed by atoms with Gasteiger partial charge in [0.05, 0.1) is 10.0 Å². The van der Waals surface area contributed by atoms with Crippen molar-refractivity contribution in [1.82, 2.24) is 0 Å². The lowest BCUT2D eigenvalue weighted by molar-refractivity contribution is -0.104. The van der Waals surface area contributed by atoms with E-state index in [2.05, 4.69) is 0 Å². The molecule has 0 aliphatic carbocycles. The van der Waals surface area contributed by atoms with E-state index in [9.17, 15) is 9.59 Å². The summed E-state index contributed by atoms with van der Waals surface area (Å²) >= 11 is 11.3. The van der Waals surface area contributed by atoms with Crippen LogP contribution in [0.3, 0.4) is 0 Å². The Morgan fingerprint density at radius 2 is 2.00 bits per heavy atom. The molecular formula is C8H4Cl2O2. The summed E-state index contributed by atoms with van der Waals surface area (Å²) < 4.78 is 0. The third-order valence-electron chi connectivity index (χ3n) is 1.32. The molecule has 4 heteroatoms. The van der Waals surface area contributed by atoms with E-state index in [0.29, 0.717) is 0 Å². The lowest BCUT2D eigenvalue weighted by Crippen LogP contribution is -2.00. The standard InChI is InChI=1S/C8H4Cl2O2/c9-6-3-1-2-5(8(6)10)7(12)4-11/h1-4H. The minimum absolute atomic E-state index is 0.122. The zero-order valence-corrected chi connectivity index (χ0v) is 7.39. The molecule has 0 unspecified atom stereocenters. The SMILES string of the molecule is O=CC(=O)c1cccc(Cl)c1Cl. The molecule has 0 atom stereocenters. The molecule has 1 aromatic rings. The number of Topliss-reactive ketones (excluding diaryl/α,β-unsaturated/α-hetero) is 1. The van der Waals surface area contributed by atoms with Crippen molar-refractivity contribution in [3.63, 3.8) is 0 Å². The van der Waals surface area contributed by atoms with Crippen LogP contribution in [0, 0.1) is 0 Å². The zero-order valence-electron chi connectivity index (χ0n) is 5.88. The van der Waals surface area contributed by atoms with Crippen LogP contribution in [0.5, 0.6) is 0 Å². The van der Waals surface area contributed by atoms with Crippen LogP contribution >= 0.6 is 23.2 Å². The number of ketones is 1. The zero-order chi connectivity index (χ0) is 9.14. The van der Waals surface area contributed by atoms with E-state index < -0.39 is 5.78 Å². The van der Waals surface area contributed by atoms with E-state index in [1.54, 1.807) is 12.1 Å². The first-order valence-corrected chi connectivity index (χ1v) is 3.86. The van der Waals surface area contributed by atoms with Crippen molar-refractivity contribution < 1.29 is 9.59 Å². The second-order valence-electron chi connectivity index (χ2n) is 2.08. The smallest absolute Gasteiger partial charge is 0.226 e. The highest BCUT2D eigenvalue weighted by molar-refractivity contribution is 6.46. The van der Waals surface area contributed by atoms with Gasteiger partial charge in [-0.3, -0.25) is 9.59 Å². The van der Waals surface area contributed by atoms with Crippen molar-refractivity contribution in [3.05, 3.63) is 33.8 Å². The lowest BCUT2D eigenvalue weighted by Gasteiger charge is -1.98. The largest absolute Gasteiger partial charge is 0.294 e. The Kier molecular flexibility index (Phi) is 2.84. The van der Waals surface area contributed by atoms with Gasteiger partial charge < -0.3 is 0 Å².